The van der Waals surface area contributed by atoms with Gasteiger partial charge in [0.25, 0.3) is 0 Å². The summed E-state index contributed by atoms with van der Waals surface area (Å²) in [6.45, 7) is 7.61. The Balaban J connectivity index is 1.97. The second-order valence-corrected chi connectivity index (χ2v) is 7.13. The maximum absolute atomic E-state index is 12.4. The largest absolute Gasteiger partial charge is 0.339 e. The zero-order chi connectivity index (χ0) is 16.2. The normalized spacial score (nSPS) is 18.2. The van der Waals surface area contributed by atoms with Crippen molar-refractivity contribution in [2.24, 2.45) is 0 Å². The van der Waals surface area contributed by atoms with E-state index >= 15 is 0 Å². The fourth-order valence-electron chi connectivity index (χ4n) is 2.51. The number of benzene rings is 1. The highest BCUT2D eigenvalue weighted by Gasteiger charge is 2.27. The highest BCUT2D eigenvalue weighted by atomic mass is 32.2. The van der Waals surface area contributed by atoms with Gasteiger partial charge in [-0.3, -0.25) is 4.79 Å². The highest BCUT2D eigenvalue weighted by molar-refractivity contribution is 7.89. The first kappa shape index (κ1) is 16.9. The van der Waals surface area contributed by atoms with Gasteiger partial charge in [0.05, 0.1) is 10.9 Å². The zero-order valence-electron chi connectivity index (χ0n) is 13.0. The fourth-order valence-corrected chi connectivity index (χ4v) is 3.73. The molecule has 1 unspecified atom stereocenters. The Labute approximate surface area is 132 Å². The minimum Gasteiger partial charge on any atom is -0.339 e. The third kappa shape index (κ3) is 4.06. The van der Waals surface area contributed by atoms with Crippen LogP contribution in [0.15, 0.2) is 35.2 Å². The molecule has 1 heterocycles. The van der Waals surface area contributed by atoms with Crippen molar-refractivity contribution in [2.75, 3.05) is 32.7 Å². The molecule has 1 saturated heterocycles. The number of nitrogens with one attached hydrogen (secondary N) is 1. The summed E-state index contributed by atoms with van der Waals surface area (Å²) in [5.74, 6) is -0.171. The van der Waals surface area contributed by atoms with Gasteiger partial charge in [0.1, 0.15) is 0 Å². The van der Waals surface area contributed by atoms with Gasteiger partial charge in [-0.15, -0.1) is 0 Å². The Morgan fingerprint density at radius 3 is 2.32 bits per heavy atom. The first-order valence-corrected chi connectivity index (χ1v) is 9.01. The molecule has 0 aromatic heterocycles. The number of hydrogen-bond donors (Lipinski definition) is 1. The number of likely N-dealkylation sites (N-methyl/N-ethyl adjacent to an activating group) is 1. The third-order valence-electron chi connectivity index (χ3n) is 3.89. The molecule has 0 saturated carbocycles. The molecule has 6 nitrogen and oxygen atoms in total. The summed E-state index contributed by atoms with van der Waals surface area (Å²) in [4.78, 5) is 16.5. The molecule has 2 rings (SSSR count). The van der Waals surface area contributed by atoms with Gasteiger partial charge in [-0.1, -0.05) is 25.1 Å². The summed E-state index contributed by atoms with van der Waals surface area (Å²) in [6, 6.07) is 7.33. The number of sulfonamides is 1. The van der Waals surface area contributed by atoms with Crippen LogP contribution in [0.2, 0.25) is 0 Å². The first-order valence-electron chi connectivity index (χ1n) is 7.52. The summed E-state index contributed by atoms with van der Waals surface area (Å²) in [5.41, 5.74) is 0. The van der Waals surface area contributed by atoms with Crippen molar-refractivity contribution < 1.29 is 13.2 Å². The minimum absolute atomic E-state index is 0.171. The summed E-state index contributed by atoms with van der Waals surface area (Å²) in [5, 5.41) is 0. The van der Waals surface area contributed by atoms with Crippen LogP contribution in [0.5, 0.6) is 0 Å². The van der Waals surface area contributed by atoms with Gasteiger partial charge in [0.2, 0.25) is 15.9 Å². The Morgan fingerprint density at radius 1 is 1.18 bits per heavy atom. The molecule has 1 amide bonds. The molecule has 7 heteroatoms. The smallest absolute Gasteiger partial charge is 0.241 e. The van der Waals surface area contributed by atoms with Crippen LogP contribution in [-0.2, 0) is 14.8 Å². The molecule has 1 aromatic rings. The lowest BCUT2D eigenvalue weighted by molar-refractivity contribution is -0.134. The maximum Gasteiger partial charge on any atom is 0.241 e. The Bertz CT molecular complexity index is 596. The quantitative estimate of drug-likeness (QED) is 0.857. The van der Waals surface area contributed by atoms with Crippen molar-refractivity contribution in [1.29, 1.82) is 0 Å². The minimum atomic E-state index is -3.67. The molecular weight excluding hydrogens is 302 g/mol. The van der Waals surface area contributed by atoms with Crippen molar-refractivity contribution in [3.05, 3.63) is 30.3 Å². The molecule has 1 aliphatic heterocycles. The third-order valence-corrected chi connectivity index (χ3v) is 5.44. The van der Waals surface area contributed by atoms with E-state index in [0.29, 0.717) is 13.1 Å². The average molecular weight is 325 g/mol. The predicted molar refractivity (Wildman–Crippen MR) is 84.9 cm³/mol. The van der Waals surface area contributed by atoms with Gasteiger partial charge in [-0.25, -0.2) is 8.42 Å². The fraction of sp³-hybridized carbons (Fsp3) is 0.533. The van der Waals surface area contributed by atoms with E-state index in [2.05, 4.69) is 16.5 Å². The summed E-state index contributed by atoms with van der Waals surface area (Å²) in [6.07, 6.45) is 0. The van der Waals surface area contributed by atoms with Crippen molar-refractivity contribution in [2.45, 2.75) is 24.8 Å². The lowest BCUT2D eigenvalue weighted by Crippen LogP contribution is -2.54. The highest BCUT2D eigenvalue weighted by Crippen LogP contribution is 2.10. The predicted octanol–water partition coefficient (Wildman–Crippen LogP) is 0.518. The van der Waals surface area contributed by atoms with E-state index in [-0.39, 0.29) is 10.8 Å². The monoisotopic (exact) mass is 325 g/mol. The topological polar surface area (TPSA) is 69.7 Å². The molecule has 1 fully saturated rings. The number of amides is 1. The molecule has 1 aliphatic rings. The van der Waals surface area contributed by atoms with Gasteiger partial charge < -0.3 is 9.80 Å². The van der Waals surface area contributed by atoms with Crippen molar-refractivity contribution in [3.8, 4) is 0 Å². The standard InChI is InChI=1S/C15H23N3O3S/c1-3-17-9-11-18(12-10-17)15(19)13(2)16-22(20,21)14-7-5-4-6-8-14/h4-8,13,16H,3,9-12H2,1-2H3. The number of rotatable bonds is 5. The van der Waals surface area contributed by atoms with E-state index in [0.717, 1.165) is 19.6 Å². The molecule has 122 valence electrons. The summed E-state index contributed by atoms with van der Waals surface area (Å²) < 4.78 is 26.9. The van der Waals surface area contributed by atoms with E-state index in [1.807, 2.05) is 0 Å². The van der Waals surface area contributed by atoms with Gasteiger partial charge in [-0.2, -0.15) is 4.72 Å². The van der Waals surface area contributed by atoms with Crippen LogP contribution >= 0.6 is 0 Å². The summed E-state index contributed by atoms with van der Waals surface area (Å²) >= 11 is 0. The second-order valence-electron chi connectivity index (χ2n) is 5.42. The molecular formula is C15H23N3O3S. The zero-order valence-corrected chi connectivity index (χ0v) is 13.8. The Morgan fingerprint density at radius 2 is 1.77 bits per heavy atom. The Kier molecular flexibility index (Phi) is 5.55. The van der Waals surface area contributed by atoms with Crippen molar-refractivity contribution in [1.82, 2.24) is 14.5 Å². The van der Waals surface area contributed by atoms with Crippen molar-refractivity contribution >= 4 is 15.9 Å². The van der Waals surface area contributed by atoms with Gasteiger partial charge >= 0.3 is 0 Å². The van der Waals surface area contributed by atoms with E-state index in [1.165, 1.54) is 12.1 Å². The number of carbonyl (C=O) groups is 1. The molecule has 1 aromatic carbocycles. The SMILES string of the molecule is CCN1CCN(C(=O)C(C)NS(=O)(=O)c2ccccc2)CC1. The number of nitrogens with zero attached hydrogens (tertiary/aromatic N) is 2. The van der Waals surface area contributed by atoms with E-state index in [9.17, 15) is 13.2 Å². The van der Waals surface area contributed by atoms with Crippen LogP contribution in [0.25, 0.3) is 0 Å². The van der Waals surface area contributed by atoms with E-state index in [4.69, 9.17) is 0 Å². The number of hydrogen-bond acceptors (Lipinski definition) is 4. The van der Waals surface area contributed by atoms with Crippen molar-refractivity contribution in [3.63, 3.8) is 0 Å². The number of carbonyl (C=O) groups excluding carboxylic acids is 1. The van der Waals surface area contributed by atoms with Crippen LogP contribution in [0.3, 0.4) is 0 Å². The van der Waals surface area contributed by atoms with Gasteiger partial charge in [-0.05, 0) is 25.6 Å². The number of piperazine rings is 1. The molecule has 0 aliphatic carbocycles. The Hall–Kier alpha value is -1.44. The van der Waals surface area contributed by atoms with Gasteiger partial charge in [0.15, 0.2) is 0 Å². The lowest BCUT2D eigenvalue weighted by atomic mass is 10.2. The van der Waals surface area contributed by atoms with Crippen LogP contribution in [0.1, 0.15) is 13.8 Å². The molecule has 1 N–H and O–H groups in total. The van der Waals surface area contributed by atoms with Crippen LogP contribution in [0.4, 0.5) is 0 Å². The van der Waals surface area contributed by atoms with E-state index < -0.39 is 16.1 Å². The molecule has 0 bridgehead atoms. The van der Waals surface area contributed by atoms with Crippen LogP contribution < -0.4 is 4.72 Å². The second kappa shape index (κ2) is 7.21. The van der Waals surface area contributed by atoms with Gasteiger partial charge in [0, 0.05) is 26.2 Å². The molecule has 1 atom stereocenters. The van der Waals surface area contributed by atoms with Crippen LogP contribution in [-0.4, -0.2) is 62.9 Å². The summed E-state index contributed by atoms with van der Waals surface area (Å²) in [7, 11) is -3.67. The first-order chi connectivity index (χ1) is 10.4. The lowest BCUT2D eigenvalue weighted by Gasteiger charge is -2.35. The molecule has 0 spiro atoms. The molecule has 22 heavy (non-hydrogen) atoms. The van der Waals surface area contributed by atoms with Crippen LogP contribution in [0, 0.1) is 0 Å². The maximum atomic E-state index is 12.4. The van der Waals surface area contributed by atoms with E-state index in [1.54, 1.807) is 30.0 Å². The average Bonchev–Trinajstić information content (AvgIpc) is 2.54. The molecule has 0 radical (unpaired) electrons.